The van der Waals surface area contributed by atoms with Crippen LogP contribution in [0.2, 0.25) is 0 Å². The smallest absolute Gasteiger partial charge is 0.344 e. The lowest BCUT2D eigenvalue weighted by Crippen LogP contribution is -2.46. The molecule has 0 spiro atoms. The highest BCUT2D eigenvalue weighted by molar-refractivity contribution is 5.81. The van der Waals surface area contributed by atoms with E-state index in [0.717, 1.165) is 0 Å². The van der Waals surface area contributed by atoms with Crippen molar-refractivity contribution in [1.82, 2.24) is 0 Å². The van der Waals surface area contributed by atoms with Gasteiger partial charge in [0.15, 0.2) is 5.60 Å². The Morgan fingerprint density at radius 2 is 1.82 bits per heavy atom. The van der Waals surface area contributed by atoms with E-state index in [-0.39, 0.29) is 6.54 Å². The topological polar surface area (TPSA) is 72.5 Å². The molecule has 0 aliphatic rings. The first kappa shape index (κ1) is 13.7. The molecule has 0 fully saturated rings. The lowest BCUT2D eigenvalue weighted by Gasteiger charge is -2.29. The summed E-state index contributed by atoms with van der Waals surface area (Å²) in [5.41, 5.74) is 3.51. The second-order valence-corrected chi connectivity index (χ2v) is 4.93. The number of rotatable bonds is 3. The molecule has 0 bridgehead atoms. The fourth-order valence-electron chi connectivity index (χ4n) is 1.40. The van der Waals surface area contributed by atoms with Crippen molar-refractivity contribution in [3.8, 4) is 0 Å². The zero-order valence-electron chi connectivity index (χ0n) is 10.4. The molecule has 1 unspecified atom stereocenters. The molecule has 0 saturated heterocycles. The number of carbonyl (C=O) groups excluding carboxylic acids is 1. The van der Waals surface area contributed by atoms with E-state index in [2.05, 4.69) is 0 Å². The van der Waals surface area contributed by atoms with Crippen molar-refractivity contribution in [2.75, 3.05) is 6.54 Å². The first-order valence-corrected chi connectivity index (χ1v) is 5.51. The van der Waals surface area contributed by atoms with E-state index >= 15 is 0 Å². The Kier molecular flexibility index (Phi) is 3.91. The number of ether oxygens (including phenoxy) is 1. The van der Waals surface area contributed by atoms with Crippen molar-refractivity contribution in [2.24, 2.45) is 5.73 Å². The fourth-order valence-corrected chi connectivity index (χ4v) is 1.40. The molecule has 94 valence electrons. The maximum absolute atomic E-state index is 12.0. The largest absolute Gasteiger partial charge is 0.458 e. The normalized spacial score (nSPS) is 15.1. The molecule has 1 aromatic carbocycles. The van der Waals surface area contributed by atoms with Gasteiger partial charge in [-0.25, -0.2) is 4.79 Å². The molecule has 0 aromatic heterocycles. The lowest BCUT2D eigenvalue weighted by molar-refractivity contribution is -0.177. The molecule has 0 saturated carbocycles. The number of carbonyl (C=O) groups is 1. The molecule has 17 heavy (non-hydrogen) atoms. The summed E-state index contributed by atoms with van der Waals surface area (Å²) < 4.78 is 5.18. The fraction of sp³-hybridized carbons (Fsp3) is 0.462. The number of nitrogens with two attached hydrogens (primary N) is 1. The Labute approximate surface area is 101 Å². The SMILES string of the molecule is CC(C)(C)OC(=O)C(O)(CN)c1ccccc1. The third-order valence-electron chi connectivity index (χ3n) is 2.28. The van der Waals surface area contributed by atoms with Crippen LogP contribution in [0.25, 0.3) is 0 Å². The van der Waals surface area contributed by atoms with Crippen LogP contribution in [0.3, 0.4) is 0 Å². The molecule has 1 rings (SSSR count). The van der Waals surface area contributed by atoms with Gasteiger partial charge in [-0.3, -0.25) is 0 Å². The Hall–Kier alpha value is -1.39. The van der Waals surface area contributed by atoms with Crippen molar-refractivity contribution >= 4 is 5.97 Å². The molecule has 0 radical (unpaired) electrons. The van der Waals surface area contributed by atoms with E-state index in [1.54, 1.807) is 51.1 Å². The monoisotopic (exact) mass is 237 g/mol. The van der Waals surface area contributed by atoms with Gasteiger partial charge in [0.2, 0.25) is 0 Å². The minimum absolute atomic E-state index is 0.216. The van der Waals surface area contributed by atoms with Crippen molar-refractivity contribution < 1.29 is 14.6 Å². The number of hydrogen-bond donors (Lipinski definition) is 2. The number of aliphatic hydroxyl groups is 1. The Balaban J connectivity index is 3.01. The molecule has 3 N–H and O–H groups in total. The van der Waals surface area contributed by atoms with Crippen LogP contribution in [-0.4, -0.2) is 23.2 Å². The first-order chi connectivity index (χ1) is 7.79. The van der Waals surface area contributed by atoms with Crippen LogP contribution in [0, 0.1) is 0 Å². The predicted octanol–water partition coefficient (Wildman–Crippen LogP) is 1.17. The molecule has 1 aromatic rings. The van der Waals surface area contributed by atoms with Crippen molar-refractivity contribution in [2.45, 2.75) is 32.0 Å². The van der Waals surface area contributed by atoms with Gasteiger partial charge >= 0.3 is 5.97 Å². The number of hydrogen-bond acceptors (Lipinski definition) is 4. The summed E-state index contributed by atoms with van der Waals surface area (Å²) in [4.78, 5) is 12.0. The summed E-state index contributed by atoms with van der Waals surface area (Å²) in [7, 11) is 0. The molecule has 4 heteroatoms. The van der Waals surface area contributed by atoms with Gasteiger partial charge in [0.1, 0.15) is 5.60 Å². The van der Waals surface area contributed by atoms with Crippen molar-refractivity contribution in [1.29, 1.82) is 0 Å². The van der Waals surface area contributed by atoms with E-state index < -0.39 is 17.2 Å². The number of benzene rings is 1. The Bertz CT molecular complexity index is 383. The van der Waals surface area contributed by atoms with Crippen molar-refractivity contribution in [3.05, 3.63) is 35.9 Å². The van der Waals surface area contributed by atoms with Crippen LogP contribution in [-0.2, 0) is 15.1 Å². The highest BCUT2D eigenvalue weighted by Gasteiger charge is 2.40. The van der Waals surface area contributed by atoms with Gasteiger partial charge in [-0.2, -0.15) is 0 Å². The van der Waals surface area contributed by atoms with Crippen LogP contribution in [0.5, 0.6) is 0 Å². The molecule has 4 nitrogen and oxygen atoms in total. The van der Waals surface area contributed by atoms with Crippen molar-refractivity contribution in [3.63, 3.8) is 0 Å². The average molecular weight is 237 g/mol. The van der Waals surface area contributed by atoms with E-state index in [0.29, 0.717) is 5.56 Å². The molecule has 0 amide bonds. The van der Waals surface area contributed by atoms with Gasteiger partial charge in [0.25, 0.3) is 0 Å². The lowest BCUT2D eigenvalue weighted by atomic mass is 9.94. The minimum atomic E-state index is -1.78. The maximum Gasteiger partial charge on any atom is 0.344 e. The number of esters is 1. The van der Waals surface area contributed by atoms with Crippen LogP contribution >= 0.6 is 0 Å². The quantitative estimate of drug-likeness (QED) is 0.774. The minimum Gasteiger partial charge on any atom is -0.458 e. The van der Waals surface area contributed by atoms with Crippen LogP contribution < -0.4 is 5.73 Å². The molecule has 0 aliphatic carbocycles. The summed E-state index contributed by atoms with van der Waals surface area (Å²) in [5.74, 6) is -0.723. The Morgan fingerprint density at radius 3 is 2.24 bits per heavy atom. The molecule has 1 atom stereocenters. The third kappa shape index (κ3) is 3.28. The van der Waals surface area contributed by atoms with Crippen LogP contribution in [0.15, 0.2) is 30.3 Å². The first-order valence-electron chi connectivity index (χ1n) is 5.51. The van der Waals surface area contributed by atoms with Crippen LogP contribution in [0.4, 0.5) is 0 Å². The zero-order valence-corrected chi connectivity index (χ0v) is 10.4. The van der Waals surface area contributed by atoms with E-state index in [4.69, 9.17) is 10.5 Å². The average Bonchev–Trinajstić information content (AvgIpc) is 2.27. The molecule has 0 heterocycles. The molecular weight excluding hydrogens is 218 g/mol. The van der Waals surface area contributed by atoms with Crippen LogP contribution in [0.1, 0.15) is 26.3 Å². The van der Waals surface area contributed by atoms with E-state index in [1.165, 1.54) is 0 Å². The zero-order chi connectivity index (χ0) is 13.1. The Morgan fingerprint density at radius 1 is 1.29 bits per heavy atom. The summed E-state index contributed by atoms with van der Waals surface area (Å²) in [5, 5.41) is 10.3. The van der Waals surface area contributed by atoms with Gasteiger partial charge in [-0.05, 0) is 26.3 Å². The summed E-state index contributed by atoms with van der Waals surface area (Å²) in [6, 6.07) is 8.57. The second kappa shape index (κ2) is 4.85. The summed E-state index contributed by atoms with van der Waals surface area (Å²) >= 11 is 0. The predicted molar refractivity (Wildman–Crippen MR) is 65.2 cm³/mol. The molecular formula is C13H19NO3. The van der Waals surface area contributed by atoms with E-state index in [1.807, 2.05) is 0 Å². The summed E-state index contributed by atoms with van der Waals surface area (Å²) in [6.45, 7) is 5.01. The summed E-state index contributed by atoms with van der Waals surface area (Å²) in [6.07, 6.45) is 0. The molecule has 0 aliphatic heterocycles. The van der Waals surface area contributed by atoms with Gasteiger partial charge < -0.3 is 15.6 Å². The third-order valence-corrected chi connectivity index (χ3v) is 2.28. The standard InChI is InChI=1S/C13H19NO3/c1-12(2,3)17-11(15)13(16,9-14)10-7-5-4-6-8-10/h4-8,16H,9,14H2,1-3H3. The highest BCUT2D eigenvalue weighted by atomic mass is 16.6. The van der Waals surface area contributed by atoms with Gasteiger partial charge in [0.05, 0.1) is 0 Å². The van der Waals surface area contributed by atoms with E-state index in [9.17, 15) is 9.90 Å². The highest BCUT2D eigenvalue weighted by Crippen LogP contribution is 2.24. The van der Waals surface area contributed by atoms with Gasteiger partial charge in [-0.15, -0.1) is 0 Å². The second-order valence-electron chi connectivity index (χ2n) is 4.93. The van der Waals surface area contributed by atoms with Gasteiger partial charge in [-0.1, -0.05) is 30.3 Å². The van der Waals surface area contributed by atoms with Gasteiger partial charge in [0, 0.05) is 6.54 Å². The maximum atomic E-state index is 12.0.